The molecule has 0 amide bonds. The van der Waals surface area contributed by atoms with Gasteiger partial charge < -0.3 is 20.5 Å². The van der Waals surface area contributed by atoms with Crippen LogP contribution in [0.15, 0.2) is 46.8 Å². The Bertz CT molecular complexity index is 848. The molecule has 0 saturated heterocycles. The number of halogens is 1. The topological polar surface area (TPSA) is 90.6 Å². The Morgan fingerprint density at radius 3 is 2.39 bits per heavy atom. The first-order valence-corrected chi connectivity index (χ1v) is 11.2. The molecule has 7 heteroatoms. The fourth-order valence-electron chi connectivity index (χ4n) is 3.92. The van der Waals surface area contributed by atoms with Gasteiger partial charge in [0.1, 0.15) is 0 Å². The summed E-state index contributed by atoms with van der Waals surface area (Å²) in [5, 5.41) is 3.77. The number of methoxy groups -OCH3 is 1. The number of benzene rings is 1. The molecule has 0 fully saturated rings. The van der Waals surface area contributed by atoms with Crippen LogP contribution in [-0.2, 0) is 19.1 Å². The Kier molecular flexibility index (Phi) is 10.1. The highest BCUT2D eigenvalue weighted by Gasteiger charge is 2.39. The Hall–Kier alpha value is -2.31. The molecular weight excluding hydrogens is 416 g/mol. The van der Waals surface area contributed by atoms with E-state index in [2.05, 4.69) is 5.32 Å². The van der Waals surface area contributed by atoms with Crippen LogP contribution in [0.4, 0.5) is 0 Å². The predicted octanol–water partition coefficient (Wildman–Crippen LogP) is 4.59. The fraction of sp³-hybridized carbons (Fsp3) is 0.500. The van der Waals surface area contributed by atoms with Crippen LogP contribution in [0, 0.1) is 0 Å². The number of rotatable bonds is 11. The van der Waals surface area contributed by atoms with Gasteiger partial charge >= 0.3 is 11.9 Å². The van der Waals surface area contributed by atoms with Crippen molar-refractivity contribution < 1.29 is 19.1 Å². The number of nitrogens with one attached hydrogen (secondary N) is 1. The van der Waals surface area contributed by atoms with E-state index in [1.165, 1.54) is 7.11 Å². The number of ether oxygens (including phenoxy) is 2. The Labute approximate surface area is 189 Å². The number of hydrogen-bond acceptors (Lipinski definition) is 6. The fourth-order valence-corrected chi connectivity index (χ4v) is 4.17. The van der Waals surface area contributed by atoms with Gasteiger partial charge in [0.15, 0.2) is 0 Å². The molecule has 1 aromatic rings. The minimum absolute atomic E-state index is 0.236. The SMILES string of the molecule is CCOC(=O)C1=C(CCCCCCCN)NC(C)=C(C(=O)OC)[C@@H]1c1ccccc1Cl. The summed E-state index contributed by atoms with van der Waals surface area (Å²) in [6.07, 6.45) is 5.82. The number of esters is 2. The summed E-state index contributed by atoms with van der Waals surface area (Å²) in [4.78, 5) is 25.8. The number of carbonyl (C=O) groups is 2. The second-order valence-electron chi connectivity index (χ2n) is 7.53. The highest BCUT2D eigenvalue weighted by Crippen LogP contribution is 2.42. The van der Waals surface area contributed by atoms with Gasteiger partial charge in [-0.2, -0.15) is 0 Å². The normalized spacial score (nSPS) is 16.2. The lowest BCUT2D eigenvalue weighted by Gasteiger charge is -2.32. The Morgan fingerprint density at radius 1 is 1.06 bits per heavy atom. The lowest BCUT2D eigenvalue weighted by Crippen LogP contribution is -2.33. The van der Waals surface area contributed by atoms with Gasteiger partial charge in [-0.3, -0.25) is 0 Å². The Morgan fingerprint density at radius 2 is 1.74 bits per heavy atom. The summed E-state index contributed by atoms with van der Waals surface area (Å²) in [6.45, 7) is 4.53. The van der Waals surface area contributed by atoms with Crippen molar-refractivity contribution in [1.82, 2.24) is 5.32 Å². The molecule has 1 aliphatic rings. The van der Waals surface area contributed by atoms with Gasteiger partial charge in [0.05, 0.1) is 30.8 Å². The van der Waals surface area contributed by atoms with Crippen molar-refractivity contribution in [2.45, 2.75) is 58.3 Å². The largest absolute Gasteiger partial charge is 0.466 e. The smallest absolute Gasteiger partial charge is 0.336 e. The van der Waals surface area contributed by atoms with E-state index in [9.17, 15) is 9.59 Å². The van der Waals surface area contributed by atoms with Crippen LogP contribution < -0.4 is 11.1 Å². The van der Waals surface area contributed by atoms with Crippen molar-refractivity contribution in [1.29, 1.82) is 0 Å². The van der Waals surface area contributed by atoms with E-state index in [1.54, 1.807) is 13.0 Å². The molecule has 0 unspecified atom stereocenters. The minimum Gasteiger partial charge on any atom is -0.466 e. The first-order valence-electron chi connectivity index (χ1n) is 10.9. The maximum atomic E-state index is 13.1. The Balaban J connectivity index is 2.48. The average molecular weight is 449 g/mol. The lowest BCUT2D eigenvalue weighted by molar-refractivity contribution is -0.139. The zero-order valence-electron chi connectivity index (χ0n) is 18.6. The lowest BCUT2D eigenvalue weighted by atomic mass is 9.79. The van der Waals surface area contributed by atoms with E-state index in [0.29, 0.717) is 40.4 Å². The van der Waals surface area contributed by atoms with Crippen LogP contribution >= 0.6 is 11.6 Å². The van der Waals surface area contributed by atoms with Gasteiger partial charge in [-0.25, -0.2) is 9.59 Å². The molecule has 0 spiro atoms. The monoisotopic (exact) mass is 448 g/mol. The molecule has 170 valence electrons. The molecule has 2 rings (SSSR count). The molecule has 6 nitrogen and oxygen atoms in total. The van der Waals surface area contributed by atoms with Crippen molar-refractivity contribution in [2.24, 2.45) is 5.73 Å². The quantitative estimate of drug-likeness (QED) is 0.380. The maximum absolute atomic E-state index is 13.1. The summed E-state index contributed by atoms with van der Waals surface area (Å²) in [5.74, 6) is -1.61. The summed E-state index contributed by atoms with van der Waals surface area (Å²) in [6, 6.07) is 7.24. The molecule has 31 heavy (non-hydrogen) atoms. The minimum atomic E-state index is -0.659. The third kappa shape index (κ3) is 6.34. The molecule has 0 radical (unpaired) electrons. The molecule has 1 aromatic carbocycles. The maximum Gasteiger partial charge on any atom is 0.336 e. The van der Waals surface area contributed by atoms with Crippen molar-refractivity contribution >= 4 is 23.5 Å². The average Bonchev–Trinajstić information content (AvgIpc) is 2.75. The van der Waals surface area contributed by atoms with Gasteiger partial charge in [0.2, 0.25) is 0 Å². The molecule has 0 saturated carbocycles. The van der Waals surface area contributed by atoms with Crippen LogP contribution in [-0.4, -0.2) is 32.2 Å². The van der Waals surface area contributed by atoms with Gasteiger partial charge in [-0.1, -0.05) is 49.1 Å². The number of carbonyl (C=O) groups excluding carboxylic acids is 2. The summed E-state index contributed by atoms with van der Waals surface area (Å²) in [7, 11) is 1.33. The second-order valence-corrected chi connectivity index (χ2v) is 7.94. The first kappa shape index (κ1) is 25.0. The van der Waals surface area contributed by atoms with Crippen molar-refractivity contribution in [3.05, 3.63) is 57.4 Å². The van der Waals surface area contributed by atoms with Crippen molar-refractivity contribution in [3.8, 4) is 0 Å². The van der Waals surface area contributed by atoms with E-state index >= 15 is 0 Å². The van der Waals surface area contributed by atoms with E-state index in [-0.39, 0.29) is 6.61 Å². The van der Waals surface area contributed by atoms with E-state index in [4.69, 9.17) is 26.8 Å². The van der Waals surface area contributed by atoms with Gasteiger partial charge in [-0.05, 0) is 51.3 Å². The van der Waals surface area contributed by atoms with Gasteiger partial charge in [0, 0.05) is 16.4 Å². The van der Waals surface area contributed by atoms with Crippen molar-refractivity contribution in [2.75, 3.05) is 20.3 Å². The molecule has 0 aliphatic carbocycles. The number of unbranched alkanes of at least 4 members (excludes halogenated alkanes) is 4. The van der Waals surface area contributed by atoms with Gasteiger partial charge in [-0.15, -0.1) is 0 Å². The first-order chi connectivity index (χ1) is 15.0. The number of allylic oxidation sites excluding steroid dienone is 2. The number of hydrogen-bond donors (Lipinski definition) is 2. The molecular formula is C24H33ClN2O4. The van der Waals surface area contributed by atoms with Crippen LogP contribution in [0.25, 0.3) is 0 Å². The molecule has 1 heterocycles. The second kappa shape index (κ2) is 12.5. The zero-order valence-corrected chi connectivity index (χ0v) is 19.4. The van der Waals surface area contributed by atoms with Gasteiger partial charge in [0.25, 0.3) is 0 Å². The van der Waals surface area contributed by atoms with E-state index in [0.717, 1.165) is 37.8 Å². The third-order valence-corrected chi connectivity index (χ3v) is 5.74. The van der Waals surface area contributed by atoms with Crippen LogP contribution in [0.5, 0.6) is 0 Å². The summed E-state index contributed by atoms with van der Waals surface area (Å²) >= 11 is 6.51. The highest BCUT2D eigenvalue weighted by atomic mass is 35.5. The summed E-state index contributed by atoms with van der Waals surface area (Å²) in [5.41, 5.74) is 8.45. The van der Waals surface area contributed by atoms with Crippen LogP contribution in [0.1, 0.15) is 63.9 Å². The highest BCUT2D eigenvalue weighted by molar-refractivity contribution is 6.31. The molecule has 1 atom stereocenters. The van der Waals surface area contributed by atoms with E-state index in [1.807, 2.05) is 25.1 Å². The number of dihydropyridines is 1. The van der Waals surface area contributed by atoms with E-state index < -0.39 is 17.9 Å². The molecule has 0 bridgehead atoms. The third-order valence-electron chi connectivity index (χ3n) is 5.39. The van der Waals surface area contributed by atoms with Crippen LogP contribution in [0.3, 0.4) is 0 Å². The summed E-state index contributed by atoms with van der Waals surface area (Å²) < 4.78 is 10.4. The van der Waals surface area contributed by atoms with Crippen molar-refractivity contribution in [3.63, 3.8) is 0 Å². The molecule has 0 aromatic heterocycles. The van der Waals surface area contributed by atoms with Crippen LogP contribution in [0.2, 0.25) is 5.02 Å². The zero-order chi connectivity index (χ0) is 22.8. The predicted molar refractivity (Wildman–Crippen MR) is 122 cm³/mol. The standard InChI is InChI=1S/C24H33ClN2O4/c1-4-31-24(29)22-19(14-8-6-5-7-11-15-26)27-16(2)20(23(28)30-3)21(22)17-12-9-10-13-18(17)25/h9-10,12-13,21,27H,4-8,11,14-15,26H2,1-3H3/t21-/m0/s1. The molecule has 3 N–H and O–H groups in total. The number of nitrogens with two attached hydrogens (primary N) is 1. The molecule has 1 aliphatic heterocycles.